The molecule has 8 N–H and O–H groups in total. The van der Waals surface area contributed by atoms with E-state index in [0.29, 0.717) is 0 Å². The Morgan fingerprint density at radius 2 is 1.48 bits per heavy atom. The van der Waals surface area contributed by atoms with Gasteiger partial charge in [-0.2, -0.15) is 0 Å². The Bertz CT molecular complexity index is 467. The number of rotatable bonds is 4. The number of ether oxygens (including phenoxy) is 2. The van der Waals surface area contributed by atoms with Gasteiger partial charge in [0.1, 0.15) is 30.5 Å². The van der Waals surface area contributed by atoms with Crippen molar-refractivity contribution in [1.29, 1.82) is 0 Å². The van der Waals surface area contributed by atoms with E-state index in [2.05, 4.69) is 0 Å². The zero-order valence-corrected chi connectivity index (χ0v) is 13.3. The van der Waals surface area contributed by atoms with E-state index in [9.17, 15) is 40.9 Å². The van der Waals surface area contributed by atoms with E-state index in [-0.39, 0.29) is 6.54 Å². The smallest absolute Gasteiger partial charge is 0.187 e. The van der Waals surface area contributed by atoms with Gasteiger partial charge < -0.3 is 50.3 Å². The van der Waals surface area contributed by atoms with Crippen LogP contribution in [0.15, 0.2) is 0 Å². The summed E-state index contributed by atoms with van der Waals surface area (Å²) in [5.74, 6) is 0. The summed E-state index contributed by atoms with van der Waals surface area (Å²) >= 11 is 0. The van der Waals surface area contributed by atoms with E-state index < -0.39 is 80.4 Å². The first-order valence-corrected chi connectivity index (χ1v) is 8.18. The molecule has 146 valence electrons. The van der Waals surface area contributed by atoms with Crippen molar-refractivity contribution in [1.82, 2.24) is 4.90 Å². The molecular formula is C14H25NO10. The van der Waals surface area contributed by atoms with E-state index in [1.165, 1.54) is 4.90 Å². The van der Waals surface area contributed by atoms with Crippen LogP contribution in [0.2, 0.25) is 0 Å². The second kappa shape index (κ2) is 7.29. The Kier molecular flexibility index (Phi) is 5.63. The van der Waals surface area contributed by atoms with E-state index >= 15 is 0 Å². The van der Waals surface area contributed by atoms with Crippen LogP contribution >= 0.6 is 0 Å². The van der Waals surface area contributed by atoms with Crippen molar-refractivity contribution in [2.75, 3.05) is 19.8 Å². The molecule has 3 rings (SSSR count). The first-order valence-electron chi connectivity index (χ1n) is 8.18. The second-order valence-electron chi connectivity index (χ2n) is 6.78. The highest BCUT2D eigenvalue weighted by atomic mass is 16.7. The highest BCUT2D eigenvalue weighted by Gasteiger charge is 2.58. The van der Waals surface area contributed by atoms with Crippen LogP contribution in [0.4, 0.5) is 0 Å². The third-order valence-electron chi connectivity index (χ3n) is 5.37. The standard InChI is InChI=1S/C14H25NO10/c16-2-4-8(18)11(21)7-9(19)5(1-15(4)7)24-14-13(23)12(22)10(20)6(3-17)25-14/h4-14,16-23H,1-3H2/t4-,5+,6-,7+,8-,9-,10-,11-,12+,13-,14+/m1/s1. The van der Waals surface area contributed by atoms with Gasteiger partial charge in [0.15, 0.2) is 6.29 Å². The van der Waals surface area contributed by atoms with Gasteiger partial charge in [0.05, 0.1) is 43.6 Å². The van der Waals surface area contributed by atoms with E-state index in [0.717, 1.165) is 0 Å². The second-order valence-corrected chi connectivity index (χ2v) is 6.78. The minimum absolute atomic E-state index is 0.0419. The van der Waals surface area contributed by atoms with Crippen LogP contribution in [-0.4, -0.2) is 133 Å². The van der Waals surface area contributed by atoms with Crippen LogP contribution < -0.4 is 0 Å². The van der Waals surface area contributed by atoms with Crippen molar-refractivity contribution >= 4 is 0 Å². The molecule has 0 saturated carbocycles. The molecule has 0 radical (unpaired) electrons. The predicted octanol–water partition coefficient (Wildman–Crippen LogP) is -5.69. The van der Waals surface area contributed by atoms with Crippen LogP contribution in [0, 0.1) is 0 Å². The third kappa shape index (κ3) is 3.09. The van der Waals surface area contributed by atoms with Gasteiger partial charge in [-0.1, -0.05) is 0 Å². The van der Waals surface area contributed by atoms with Crippen LogP contribution in [0.25, 0.3) is 0 Å². The fourth-order valence-corrected chi connectivity index (χ4v) is 3.92. The number of hydrogen-bond donors (Lipinski definition) is 8. The number of nitrogens with zero attached hydrogens (tertiary/aromatic N) is 1. The molecule has 0 aromatic carbocycles. The normalized spacial score (nSPS) is 54.0. The molecule has 3 fully saturated rings. The number of hydrogen-bond acceptors (Lipinski definition) is 11. The molecule has 0 unspecified atom stereocenters. The summed E-state index contributed by atoms with van der Waals surface area (Å²) in [5, 5.41) is 78.5. The summed E-state index contributed by atoms with van der Waals surface area (Å²) < 4.78 is 10.8. The molecule has 3 heterocycles. The zero-order chi connectivity index (χ0) is 18.5. The largest absolute Gasteiger partial charge is 0.395 e. The van der Waals surface area contributed by atoms with Crippen LogP contribution in [0.3, 0.4) is 0 Å². The maximum absolute atomic E-state index is 10.4. The molecule has 11 nitrogen and oxygen atoms in total. The Morgan fingerprint density at radius 3 is 2.08 bits per heavy atom. The molecule has 0 aromatic heterocycles. The van der Waals surface area contributed by atoms with Crippen molar-refractivity contribution in [2.24, 2.45) is 0 Å². The molecule has 0 bridgehead atoms. The lowest BCUT2D eigenvalue weighted by Gasteiger charge is -2.40. The number of aliphatic hydroxyl groups is 8. The molecule has 0 aliphatic carbocycles. The predicted molar refractivity (Wildman–Crippen MR) is 78.0 cm³/mol. The summed E-state index contributed by atoms with van der Waals surface area (Å²) in [6.45, 7) is -0.987. The quantitative estimate of drug-likeness (QED) is 0.237. The van der Waals surface area contributed by atoms with Gasteiger partial charge in [0, 0.05) is 6.54 Å². The van der Waals surface area contributed by atoms with Crippen molar-refractivity contribution in [3.63, 3.8) is 0 Å². The van der Waals surface area contributed by atoms with Gasteiger partial charge in [0.25, 0.3) is 0 Å². The van der Waals surface area contributed by atoms with Crippen molar-refractivity contribution in [3.8, 4) is 0 Å². The SMILES string of the molecule is OC[C@@H]1[C@@H](O)[C@H](O)[C@@H]2[C@H](O)[C@@H](O[C@H]3O[C@H](CO)[C@@H](O)[C@H](O)[C@H]3O)CN21. The molecule has 0 spiro atoms. The van der Waals surface area contributed by atoms with Gasteiger partial charge in [-0.05, 0) is 0 Å². The topological polar surface area (TPSA) is 184 Å². The Labute approximate surface area is 143 Å². The van der Waals surface area contributed by atoms with Crippen molar-refractivity contribution < 1.29 is 50.3 Å². The van der Waals surface area contributed by atoms with Crippen molar-refractivity contribution in [2.45, 2.75) is 67.2 Å². The highest BCUT2D eigenvalue weighted by molar-refractivity contribution is 5.10. The minimum atomic E-state index is -1.61. The lowest BCUT2D eigenvalue weighted by atomic mass is 9.99. The van der Waals surface area contributed by atoms with Gasteiger partial charge in [-0.25, -0.2) is 0 Å². The maximum atomic E-state index is 10.4. The molecular weight excluding hydrogens is 342 g/mol. The maximum Gasteiger partial charge on any atom is 0.187 e. The molecule has 3 aliphatic rings. The average Bonchev–Trinajstić information content (AvgIpc) is 3.03. The first kappa shape index (κ1) is 19.3. The van der Waals surface area contributed by atoms with Gasteiger partial charge in [-0.3, -0.25) is 4.90 Å². The van der Waals surface area contributed by atoms with Gasteiger partial charge in [-0.15, -0.1) is 0 Å². The molecule has 0 amide bonds. The average molecular weight is 367 g/mol. The molecule has 25 heavy (non-hydrogen) atoms. The Morgan fingerprint density at radius 1 is 0.800 bits per heavy atom. The summed E-state index contributed by atoms with van der Waals surface area (Å²) in [6.07, 6.45) is -12.0. The fraction of sp³-hybridized carbons (Fsp3) is 1.00. The van der Waals surface area contributed by atoms with E-state index in [4.69, 9.17) is 9.47 Å². The molecule has 11 atom stereocenters. The van der Waals surface area contributed by atoms with E-state index in [1.54, 1.807) is 0 Å². The Hall–Kier alpha value is -0.440. The molecule has 3 aliphatic heterocycles. The highest BCUT2D eigenvalue weighted by Crippen LogP contribution is 2.36. The molecule has 0 aromatic rings. The van der Waals surface area contributed by atoms with Crippen LogP contribution in [-0.2, 0) is 9.47 Å². The van der Waals surface area contributed by atoms with Crippen LogP contribution in [0.1, 0.15) is 0 Å². The lowest BCUT2D eigenvalue weighted by Crippen LogP contribution is -2.60. The molecule has 11 heteroatoms. The monoisotopic (exact) mass is 367 g/mol. The Balaban J connectivity index is 1.70. The minimum Gasteiger partial charge on any atom is -0.395 e. The lowest BCUT2D eigenvalue weighted by molar-refractivity contribution is -0.314. The van der Waals surface area contributed by atoms with Gasteiger partial charge in [0.2, 0.25) is 0 Å². The molecule has 3 saturated heterocycles. The zero-order valence-electron chi connectivity index (χ0n) is 13.3. The fourth-order valence-electron chi connectivity index (χ4n) is 3.92. The van der Waals surface area contributed by atoms with Gasteiger partial charge >= 0.3 is 0 Å². The number of fused-ring (bicyclic) bond motifs is 1. The summed E-state index contributed by atoms with van der Waals surface area (Å²) in [7, 11) is 0. The summed E-state index contributed by atoms with van der Waals surface area (Å²) in [5.41, 5.74) is 0. The third-order valence-corrected chi connectivity index (χ3v) is 5.37. The summed E-state index contributed by atoms with van der Waals surface area (Å²) in [6, 6.07) is -1.62. The van der Waals surface area contributed by atoms with Crippen LogP contribution in [0.5, 0.6) is 0 Å². The summed E-state index contributed by atoms with van der Waals surface area (Å²) in [4.78, 5) is 1.52. The van der Waals surface area contributed by atoms with Crippen molar-refractivity contribution in [3.05, 3.63) is 0 Å². The van der Waals surface area contributed by atoms with E-state index in [1.807, 2.05) is 0 Å². The number of aliphatic hydroxyl groups excluding tert-OH is 8. The first-order chi connectivity index (χ1) is 11.8.